The van der Waals surface area contributed by atoms with Gasteiger partial charge >= 0.3 is 0 Å². The molecule has 0 aromatic rings. The summed E-state index contributed by atoms with van der Waals surface area (Å²) in [7, 11) is -2.87. The summed E-state index contributed by atoms with van der Waals surface area (Å²) in [5.41, 5.74) is 0. The maximum atomic E-state index is 11.5. The van der Waals surface area contributed by atoms with E-state index in [0.717, 1.165) is 44.9 Å². The van der Waals surface area contributed by atoms with Crippen LogP contribution in [0.3, 0.4) is 0 Å². The molecule has 0 aromatic carbocycles. The molecule has 1 rings (SSSR count). The van der Waals surface area contributed by atoms with Gasteiger partial charge in [0.25, 0.3) is 0 Å². The van der Waals surface area contributed by atoms with Crippen LogP contribution in [-0.2, 0) is 9.84 Å². The topological polar surface area (TPSA) is 54.4 Å². The van der Waals surface area contributed by atoms with Gasteiger partial charge in [0.1, 0.15) is 9.84 Å². The van der Waals surface area contributed by atoms with Crippen LogP contribution in [0.4, 0.5) is 0 Å². The fourth-order valence-corrected chi connectivity index (χ4v) is 3.74. The Morgan fingerprint density at radius 3 is 2.62 bits per heavy atom. The summed E-state index contributed by atoms with van der Waals surface area (Å²) in [4.78, 5) is 0. The van der Waals surface area contributed by atoms with Gasteiger partial charge in [-0.05, 0) is 38.0 Å². The molecule has 4 heteroatoms. The van der Waals surface area contributed by atoms with Crippen molar-refractivity contribution in [3.63, 3.8) is 0 Å². The minimum atomic E-state index is -2.87. The normalized spacial score (nSPS) is 28.9. The van der Waals surface area contributed by atoms with Gasteiger partial charge in [0.2, 0.25) is 0 Å². The molecule has 1 aliphatic carbocycles. The summed E-state index contributed by atoms with van der Waals surface area (Å²) in [5, 5.41) is 9.36. The van der Waals surface area contributed by atoms with Crippen LogP contribution < -0.4 is 0 Å². The molecule has 1 saturated carbocycles. The maximum Gasteiger partial charge on any atom is 0.150 e. The lowest BCUT2D eigenvalue weighted by Crippen LogP contribution is -2.27. The Balaban J connectivity index is 2.39. The van der Waals surface area contributed by atoms with Crippen LogP contribution in [0.1, 0.15) is 51.9 Å². The van der Waals surface area contributed by atoms with E-state index in [1.165, 1.54) is 6.26 Å². The average Bonchev–Trinajstić information content (AvgIpc) is 2.25. The van der Waals surface area contributed by atoms with E-state index < -0.39 is 9.84 Å². The molecular formula is C12H24O3S. The van der Waals surface area contributed by atoms with Crippen molar-refractivity contribution in [3.8, 4) is 0 Å². The van der Waals surface area contributed by atoms with Crippen molar-refractivity contribution in [1.29, 1.82) is 0 Å². The Bertz CT molecular complexity index is 297. The van der Waals surface area contributed by atoms with Gasteiger partial charge in [0.05, 0.1) is 11.4 Å². The smallest absolute Gasteiger partial charge is 0.150 e. The zero-order chi connectivity index (χ0) is 12.2. The van der Waals surface area contributed by atoms with Crippen molar-refractivity contribution in [1.82, 2.24) is 0 Å². The first kappa shape index (κ1) is 14.0. The predicted octanol–water partition coefficient (Wildman–Crippen LogP) is 2.14. The van der Waals surface area contributed by atoms with Gasteiger partial charge in [-0.25, -0.2) is 8.42 Å². The Hall–Kier alpha value is -0.0900. The summed E-state index contributed by atoms with van der Waals surface area (Å²) in [6.45, 7) is 1.98. The minimum Gasteiger partial charge on any atom is -0.393 e. The number of sulfone groups is 1. The first-order chi connectivity index (χ1) is 7.43. The van der Waals surface area contributed by atoms with Crippen LogP contribution in [0.5, 0.6) is 0 Å². The summed E-state index contributed by atoms with van der Waals surface area (Å²) in [6, 6.07) is 0. The fourth-order valence-electron chi connectivity index (χ4n) is 2.52. The maximum absolute atomic E-state index is 11.5. The molecule has 0 aliphatic heterocycles. The number of rotatable bonds is 5. The molecule has 0 aromatic heterocycles. The van der Waals surface area contributed by atoms with E-state index in [1.54, 1.807) is 0 Å². The molecule has 3 unspecified atom stereocenters. The average molecular weight is 248 g/mol. The molecule has 3 nitrogen and oxygen atoms in total. The van der Waals surface area contributed by atoms with Crippen molar-refractivity contribution in [3.05, 3.63) is 0 Å². The first-order valence-corrected chi connectivity index (χ1v) is 8.25. The Kier molecular flexibility index (Phi) is 5.25. The van der Waals surface area contributed by atoms with Crippen LogP contribution in [0.2, 0.25) is 0 Å². The Labute approximate surface area is 99.2 Å². The highest BCUT2D eigenvalue weighted by Gasteiger charge is 2.28. The highest BCUT2D eigenvalue weighted by atomic mass is 32.2. The monoisotopic (exact) mass is 248 g/mol. The second-order valence-corrected chi connectivity index (χ2v) is 7.45. The zero-order valence-electron chi connectivity index (χ0n) is 10.4. The van der Waals surface area contributed by atoms with Gasteiger partial charge in [0.15, 0.2) is 0 Å². The molecule has 0 radical (unpaired) electrons. The lowest BCUT2D eigenvalue weighted by Gasteiger charge is -2.28. The van der Waals surface area contributed by atoms with Crippen LogP contribution >= 0.6 is 0 Å². The van der Waals surface area contributed by atoms with Crippen LogP contribution in [0.15, 0.2) is 0 Å². The third-order valence-electron chi connectivity index (χ3n) is 3.72. The molecule has 96 valence electrons. The molecule has 0 bridgehead atoms. The molecule has 1 N–H and O–H groups in total. The zero-order valence-corrected chi connectivity index (χ0v) is 11.2. The molecule has 0 amide bonds. The van der Waals surface area contributed by atoms with Crippen molar-refractivity contribution >= 4 is 9.84 Å². The predicted molar refractivity (Wildman–Crippen MR) is 66.1 cm³/mol. The van der Waals surface area contributed by atoms with Gasteiger partial charge in [0, 0.05) is 6.26 Å². The van der Waals surface area contributed by atoms with E-state index >= 15 is 0 Å². The highest BCUT2D eigenvalue weighted by Crippen LogP contribution is 2.31. The minimum absolute atomic E-state index is 0.134. The third kappa shape index (κ3) is 4.42. The molecule has 0 heterocycles. The van der Waals surface area contributed by atoms with Gasteiger partial charge in [-0.3, -0.25) is 0 Å². The summed E-state index contributed by atoms with van der Waals surface area (Å²) in [6.07, 6.45) is 7.49. The van der Waals surface area contributed by atoms with Crippen molar-refractivity contribution < 1.29 is 13.5 Å². The molecule has 16 heavy (non-hydrogen) atoms. The van der Waals surface area contributed by atoms with Crippen molar-refractivity contribution in [2.45, 2.75) is 63.2 Å². The molecule has 0 saturated heterocycles. The van der Waals surface area contributed by atoms with Gasteiger partial charge < -0.3 is 5.11 Å². The van der Waals surface area contributed by atoms with E-state index in [9.17, 15) is 13.5 Å². The van der Waals surface area contributed by atoms with E-state index in [1.807, 2.05) is 6.92 Å². The van der Waals surface area contributed by atoms with Crippen molar-refractivity contribution in [2.24, 2.45) is 5.92 Å². The number of hydrogen-bond donors (Lipinski definition) is 1. The highest BCUT2D eigenvalue weighted by molar-refractivity contribution is 7.91. The Morgan fingerprint density at radius 1 is 1.38 bits per heavy atom. The summed E-state index contributed by atoms with van der Waals surface area (Å²) < 4.78 is 23.0. The molecule has 3 atom stereocenters. The quantitative estimate of drug-likeness (QED) is 0.811. The van der Waals surface area contributed by atoms with E-state index in [2.05, 4.69) is 0 Å². The number of aliphatic hydroxyl groups excluding tert-OH is 1. The summed E-state index contributed by atoms with van der Waals surface area (Å²) >= 11 is 0. The molecule has 1 fully saturated rings. The standard InChI is InChI=1S/C12H24O3S/c1-3-11(13)8-7-10-5-4-6-12(9-10)16(2,14)15/h10-13H,3-9H2,1-2H3. The lowest BCUT2D eigenvalue weighted by atomic mass is 9.85. The number of aliphatic hydroxyl groups is 1. The first-order valence-electron chi connectivity index (χ1n) is 6.30. The van der Waals surface area contributed by atoms with Crippen molar-refractivity contribution in [2.75, 3.05) is 6.26 Å². The molecular weight excluding hydrogens is 224 g/mol. The SMILES string of the molecule is CCC(O)CCC1CCCC(S(C)(=O)=O)C1. The second-order valence-electron chi connectivity index (χ2n) is 5.12. The molecule has 0 spiro atoms. The fraction of sp³-hybridized carbons (Fsp3) is 1.00. The largest absolute Gasteiger partial charge is 0.393 e. The Morgan fingerprint density at radius 2 is 2.06 bits per heavy atom. The van der Waals surface area contributed by atoms with E-state index in [0.29, 0.717) is 5.92 Å². The molecule has 1 aliphatic rings. The van der Waals surface area contributed by atoms with Crippen LogP contribution in [0, 0.1) is 5.92 Å². The van der Waals surface area contributed by atoms with Gasteiger partial charge in [-0.2, -0.15) is 0 Å². The third-order valence-corrected chi connectivity index (χ3v) is 5.36. The second kappa shape index (κ2) is 6.01. The van der Waals surface area contributed by atoms with Crippen LogP contribution in [-0.4, -0.2) is 31.1 Å². The lowest BCUT2D eigenvalue weighted by molar-refractivity contribution is 0.145. The van der Waals surface area contributed by atoms with E-state index in [-0.39, 0.29) is 11.4 Å². The number of hydrogen-bond acceptors (Lipinski definition) is 3. The van der Waals surface area contributed by atoms with Crippen LogP contribution in [0.25, 0.3) is 0 Å². The summed E-state index contributed by atoms with van der Waals surface area (Å²) in [5.74, 6) is 0.495. The van der Waals surface area contributed by atoms with Gasteiger partial charge in [-0.15, -0.1) is 0 Å². The van der Waals surface area contributed by atoms with Gasteiger partial charge in [-0.1, -0.05) is 19.8 Å². The van der Waals surface area contributed by atoms with E-state index in [4.69, 9.17) is 0 Å².